The van der Waals surface area contributed by atoms with E-state index in [0.29, 0.717) is 5.69 Å². The van der Waals surface area contributed by atoms with Crippen molar-refractivity contribution >= 4 is 28.5 Å². The number of rotatable bonds is 4. The Labute approximate surface area is 145 Å². The number of aromatic amines is 1. The summed E-state index contributed by atoms with van der Waals surface area (Å²) in [6, 6.07) is 17.5. The third kappa shape index (κ3) is 2.78. The molecule has 2 atom stereocenters. The van der Waals surface area contributed by atoms with Crippen molar-refractivity contribution in [2.75, 3.05) is 12.4 Å². The second kappa shape index (κ2) is 6.09. The molecular weight excluding hydrogens is 316 g/mol. The van der Waals surface area contributed by atoms with Crippen LogP contribution in [0.3, 0.4) is 0 Å². The number of carbonyl (C=O) groups is 2. The molecule has 0 saturated heterocycles. The van der Waals surface area contributed by atoms with Crippen LogP contribution in [0.1, 0.15) is 28.4 Å². The molecular formula is C20H18N2O3. The first kappa shape index (κ1) is 15.4. The van der Waals surface area contributed by atoms with E-state index in [1.807, 2.05) is 54.6 Å². The van der Waals surface area contributed by atoms with E-state index >= 15 is 0 Å². The van der Waals surface area contributed by atoms with Crippen LogP contribution >= 0.6 is 0 Å². The number of esters is 1. The summed E-state index contributed by atoms with van der Waals surface area (Å²) in [4.78, 5) is 27.8. The van der Waals surface area contributed by atoms with Crippen LogP contribution in [0.25, 0.3) is 10.9 Å². The fraction of sp³-hybridized carbons (Fsp3) is 0.200. The third-order valence-electron chi connectivity index (χ3n) is 4.70. The van der Waals surface area contributed by atoms with Gasteiger partial charge in [-0.25, -0.2) is 4.79 Å². The molecule has 5 nitrogen and oxygen atoms in total. The predicted molar refractivity (Wildman–Crippen MR) is 95.6 cm³/mol. The summed E-state index contributed by atoms with van der Waals surface area (Å²) < 4.78 is 4.83. The van der Waals surface area contributed by atoms with Gasteiger partial charge in [0, 0.05) is 16.8 Å². The lowest BCUT2D eigenvalue weighted by Crippen LogP contribution is -2.17. The van der Waals surface area contributed by atoms with Crippen LogP contribution in [0.4, 0.5) is 5.69 Å². The average molecular weight is 334 g/mol. The second-order valence-electron chi connectivity index (χ2n) is 6.26. The van der Waals surface area contributed by atoms with Crippen molar-refractivity contribution in [2.24, 2.45) is 5.92 Å². The molecule has 0 unspecified atom stereocenters. The van der Waals surface area contributed by atoms with Crippen molar-refractivity contribution in [3.8, 4) is 0 Å². The van der Waals surface area contributed by atoms with Gasteiger partial charge >= 0.3 is 5.97 Å². The van der Waals surface area contributed by atoms with E-state index in [9.17, 15) is 9.59 Å². The van der Waals surface area contributed by atoms with E-state index in [1.54, 1.807) is 0 Å². The Morgan fingerprint density at radius 1 is 1.08 bits per heavy atom. The van der Waals surface area contributed by atoms with Gasteiger partial charge in [-0.2, -0.15) is 0 Å². The van der Waals surface area contributed by atoms with Gasteiger partial charge in [0.25, 0.3) is 0 Å². The molecule has 1 aromatic heterocycles. The minimum atomic E-state index is -0.498. The number of fused-ring (bicyclic) bond motifs is 1. The van der Waals surface area contributed by atoms with Gasteiger partial charge in [-0.3, -0.25) is 4.79 Å². The van der Waals surface area contributed by atoms with Crippen molar-refractivity contribution in [2.45, 2.75) is 12.3 Å². The average Bonchev–Trinajstić information content (AvgIpc) is 3.39. The Morgan fingerprint density at radius 3 is 2.56 bits per heavy atom. The molecule has 126 valence electrons. The number of amides is 1. The zero-order chi connectivity index (χ0) is 17.4. The highest BCUT2D eigenvalue weighted by atomic mass is 16.5. The monoisotopic (exact) mass is 334 g/mol. The maximum Gasteiger partial charge on any atom is 0.356 e. The molecule has 0 radical (unpaired) electrons. The van der Waals surface area contributed by atoms with E-state index in [1.165, 1.54) is 12.7 Å². The third-order valence-corrected chi connectivity index (χ3v) is 4.70. The van der Waals surface area contributed by atoms with Crippen LogP contribution in [0.15, 0.2) is 54.6 Å². The Morgan fingerprint density at radius 2 is 1.80 bits per heavy atom. The van der Waals surface area contributed by atoms with Crippen molar-refractivity contribution in [3.63, 3.8) is 0 Å². The number of carbonyl (C=O) groups excluding carboxylic acids is 2. The smallest absolute Gasteiger partial charge is 0.356 e. The van der Waals surface area contributed by atoms with Gasteiger partial charge in [0.15, 0.2) is 0 Å². The molecule has 5 heteroatoms. The molecule has 4 rings (SSSR count). The van der Waals surface area contributed by atoms with E-state index < -0.39 is 5.97 Å². The van der Waals surface area contributed by atoms with Crippen LogP contribution in [0, 0.1) is 5.92 Å². The number of aromatic nitrogens is 1. The summed E-state index contributed by atoms with van der Waals surface area (Å²) >= 11 is 0. The van der Waals surface area contributed by atoms with Gasteiger partial charge in [-0.05, 0) is 24.0 Å². The minimum Gasteiger partial charge on any atom is -0.464 e. The maximum absolute atomic E-state index is 12.7. The lowest BCUT2D eigenvalue weighted by molar-refractivity contribution is -0.117. The number of hydrogen-bond donors (Lipinski definition) is 2. The van der Waals surface area contributed by atoms with Crippen molar-refractivity contribution in [1.29, 1.82) is 0 Å². The number of para-hydroxylation sites is 1. The Bertz CT molecular complexity index is 946. The van der Waals surface area contributed by atoms with Crippen LogP contribution in [-0.4, -0.2) is 24.0 Å². The molecule has 25 heavy (non-hydrogen) atoms. The molecule has 1 amide bonds. The lowest BCUT2D eigenvalue weighted by atomic mass is 10.1. The maximum atomic E-state index is 12.7. The summed E-state index contributed by atoms with van der Waals surface area (Å²) in [5.74, 6) is -0.389. The number of hydrogen-bond acceptors (Lipinski definition) is 3. The molecule has 1 fully saturated rings. The molecule has 3 aromatic rings. The van der Waals surface area contributed by atoms with Gasteiger partial charge in [-0.15, -0.1) is 0 Å². The summed E-state index contributed by atoms with van der Waals surface area (Å²) in [5.41, 5.74) is 2.73. The van der Waals surface area contributed by atoms with Crippen molar-refractivity contribution in [1.82, 2.24) is 4.98 Å². The molecule has 1 aliphatic rings. The summed E-state index contributed by atoms with van der Waals surface area (Å²) in [6.45, 7) is 0. The number of methoxy groups -OCH3 is 1. The lowest BCUT2D eigenvalue weighted by Gasteiger charge is -2.06. The van der Waals surface area contributed by atoms with Gasteiger partial charge in [0.1, 0.15) is 5.69 Å². The quantitative estimate of drug-likeness (QED) is 0.715. The van der Waals surface area contributed by atoms with Gasteiger partial charge in [0.05, 0.1) is 12.8 Å². The first-order valence-electron chi connectivity index (χ1n) is 8.24. The second-order valence-corrected chi connectivity index (χ2v) is 6.26. The fourth-order valence-corrected chi connectivity index (χ4v) is 3.30. The van der Waals surface area contributed by atoms with Crippen molar-refractivity contribution in [3.05, 3.63) is 65.9 Å². The number of ether oxygens (including phenoxy) is 1. The standard InChI is InChI=1S/C20H18N2O3/c1-25-20(24)18-17(13-9-5-6-10-16(13)21-18)22-19(23)15-11-14(15)12-7-3-2-4-8-12/h2-10,14-15,21H,11H2,1H3,(H,22,23)/t14-,15+/m1/s1. The molecule has 1 aliphatic carbocycles. The first-order valence-corrected chi connectivity index (χ1v) is 8.24. The highest BCUT2D eigenvalue weighted by molar-refractivity contribution is 6.11. The molecule has 0 spiro atoms. The largest absolute Gasteiger partial charge is 0.464 e. The molecule has 0 bridgehead atoms. The highest BCUT2D eigenvalue weighted by Gasteiger charge is 2.44. The van der Waals surface area contributed by atoms with E-state index in [2.05, 4.69) is 10.3 Å². The zero-order valence-electron chi connectivity index (χ0n) is 13.8. The fourth-order valence-electron chi connectivity index (χ4n) is 3.30. The Hall–Kier alpha value is -3.08. The molecule has 1 saturated carbocycles. The molecule has 2 aromatic carbocycles. The summed E-state index contributed by atoms with van der Waals surface area (Å²) in [5, 5.41) is 3.74. The summed E-state index contributed by atoms with van der Waals surface area (Å²) in [7, 11) is 1.33. The Kier molecular flexibility index (Phi) is 3.76. The van der Waals surface area contributed by atoms with Gasteiger partial charge < -0.3 is 15.0 Å². The SMILES string of the molecule is COC(=O)c1[nH]c2ccccc2c1NC(=O)[C@H]1C[C@@H]1c1ccccc1. The van der Waals surface area contributed by atoms with Crippen molar-refractivity contribution < 1.29 is 14.3 Å². The highest BCUT2D eigenvalue weighted by Crippen LogP contribution is 2.48. The van der Waals surface area contributed by atoms with Crippen LogP contribution in [0.2, 0.25) is 0 Å². The minimum absolute atomic E-state index is 0.0660. The molecule has 1 heterocycles. The number of H-pyrrole nitrogens is 1. The topological polar surface area (TPSA) is 71.2 Å². The predicted octanol–water partition coefficient (Wildman–Crippen LogP) is 3.70. The normalized spacial score (nSPS) is 18.8. The number of benzene rings is 2. The van der Waals surface area contributed by atoms with Gasteiger partial charge in [0.2, 0.25) is 5.91 Å². The summed E-state index contributed by atoms with van der Waals surface area (Å²) in [6.07, 6.45) is 0.825. The first-order chi connectivity index (χ1) is 12.2. The molecule has 2 N–H and O–H groups in total. The van der Waals surface area contributed by atoms with Crippen LogP contribution in [0.5, 0.6) is 0 Å². The number of anilines is 1. The number of nitrogens with one attached hydrogen (secondary N) is 2. The van der Waals surface area contributed by atoms with E-state index in [-0.39, 0.29) is 23.4 Å². The van der Waals surface area contributed by atoms with E-state index in [0.717, 1.165) is 17.3 Å². The molecule has 0 aliphatic heterocycles. The van der Waals surface area contributed by atoms with Crippen LogP contribution in [-0.2, 0) is 9.53 Å². The Balaban J connectivity index is 1.60. The zero-order valence-corrected chi connectivity index (χ0v) is 13.8. The van der Waals surface area contributed by atoms with Gasteiger partial charge in [-0.1, -0.05) is 48.5 Å². The van der Waals surface area contributed by atoms with E-state index in [4.69, 9.17) is 4.74 Å². The van der Waals surface area contributed by atoms with Crippen LogP contribution < -0.4 is 5.32 Å².